The van der Waals surface area contributed by atoms with Gasteiger partial charge in [0, 0.05) is 14.1 Å². The molecule has 2 heteroatoms. The smallest absolute Gasteiger partial charge is 0.245 e. The van der Waals surface area contributed by atoms with Gasteiger partial charge in [-0.2, -0.15) is 0 Å². The molecule has 0 heterocycles. The minimum absolute atomic E-state index is 0.0888. The molecule has 106 valence electrons. The highest BCUT2D eigenvalue weighted by Crippen LogP contribution is 2.10. The van der Waals surface area contributed by atoms with E-state index in [0.717, 1.165) is 6.42 Å². The molecule has 2 nitrogen and oxygen atoms in total. The van der Waals surface area contributed by atoms with Gasteiger partial charge in [-0.3, -0.25) is 4.79 Å². The van der Waals surface area contributed by atoms with Crippen LogP contribution in [0, 0.1) is 0 Å². The highest BCUT2D eigenvalue weighted by molar-refractivity contribution is 5.86. The molecule has 0 N–H and O–H groups in total. The van der Waals surface area contributed by atoms with E-state index in [-0.39, 0.29) is 5.91 Å². The van der Waals surface area contributed by atoms with Gasteiger partial charge in [0.05, 0.1) is 0 Å². The molecule has 0 aliphatic rings. The minimum atomic E-state index is 0.0888. The largest absolute Gasteiger partial charge is 0.345 e. The molecule has 0 saturated heterocycles. The van der Waals surface area contributed by atoms with Crippen molar-refractivity contribution in [3.05, 3.63) is 12.2 Å². The molecule has 18 heavy (non-hydrogen) atoms. The van der Waals surface area contributed by atoms with Crippen LogP contribution in [0.15, 0.2) is 12.2 Å². The lowest BCUT2D eigenvalue weighted by Crippen LogP contribution is -2.18. The van der Waals surface area contributed by atoms with E-state index in [1.165, 1.54) is 57.8 Å². The minimum Gasteiger partial charge on any atom is -0.345 e. The Labute approximate surface area is 113 Å². The third-order valence-electron chi connectivity index (χ3n) is 3.18. The van der Waals surface area contributed by atoms with Crippen molar-refractivity contribution in [1.82, 2.24) is 4.90 Å². The van der Waals surface area contributed by atoms with Crippen molar-refractivity contribution in [2.45, 2.75) is 71.1 Å². The number of carbonyl (C=O) groups excluding carboxylic acids is 1. The standard InChI is InChI=1S/C16H31NO/c1-4-5-6-7-8-9-10-11-12-13-14-15-16(18)17(2)3/h14-15H,4-13H2,1-3H3/b15-14+. The van der Waals surface area contributed by atoms with Gasteiger partial charge in [0.2, 0.25) is 5.91 Å². The van der Waals surface area contributed by atoms with E-state index in [1.54, 1.807) is 25.1 Å². The lowest BCUT2D eigenvalue weighted by atomic mass is 10.1. The number of carbonyl (C=O) groups is 1. The fourth-order valence-electron chi connectivity index (χ4n) is 1.91. The number of likely N-dealkylation sites (N-methyl/N-ethyl adjacent to an activating group) is 1. The van der Waals surface area contributed by atoms with Gasteiger partial charge < -0.3 is 4.90 Å². The van der Waals surface area contributed by atoms with E-state index in [0.29, 0.717) is 0 Å². The van der Waals surface area contributed by atoms with Crippen LogP contribution in [0.3, 0.4) is 0 Å². The summed E-state index contributed by atoms with van der Waals surface area (Å²) < 4.78 is 0. The number of unbranched alkanes of at least 4 members (excludes halogenated alkanes) is 9. The van der Waals surface area contributed by atoms with Gasteiger partial charge in [0.1, 0.15) is 0 Å². The Balaban J connectivity index is 3.19. The molecule has 0 fully saturated rings. The summed E-state index contributed by atoms with van der Waals surface area (Å²) in [5.41, 5.74) is 0. The first kappa shape index (κ1) is 17.2. The van der Waals surface area contributed by atoms with Crippen LogP contribution < -0.4 is 0 Å². The Morgan fingerprint density at radius 2 is 1.39 bits per heavy atom. The highest BCUT2D eigenvalue weighted by atomic mass is 16.2. The molecule has 0 unspecified atom stereocenters. The van der Waals surface area contributed by atoms with Crippen LogP contribution in [0.25, 0.3) is 0 Å². The summed E-state index contributed by atoms with van der Waals surface area (Å²) in [4.78, 5) is 12.8. The molecule has 0 aromatic rings. The lowest BCUT2D eigenvalue weighted by molar-refractivity contribution is -0.123. The molecule has 0 rings (SSSR count). The lowest BCUT2D eigenvalue weighted by Gasteiger charge is -2.05. The summed E-state index contributed by atoms with van der Waals surface area (Å²) in [5.74, 6) is 0.0888. The second-order valence-corrected chi connectivity index (χ2v) is 5.25. The van der Waals surface area contributed by atoms with Gasteiger partial charge in [-0.15, -0.1) is 0 Å². The Hall–Kier alpha value is -0.790. The second-order valence-electron chi connectivity index (χ2n) is 5.25. The van der Waals surface area contributed by atoms with Gasteiger partial charge in [-0.05, 0) is 18.9 Å². The highest BCUT2D eigenvalue weighted by Gasteiger charge is 1.95. The maximum atomic E-state index is 11.2. The van der Waals surface area contributed by atoms with Gasteiger partial charge in [0.15, 0.2) is 0 Å². The fourth-order valence-corrected chi connectivity index (χ4v) is 1.91. The van der Waals surface area contributed by atoms with Crippen LogP contribution in [0.4, 0.5) is 0 Å². The fraction of sp³-hybridized carbons (Fsp3) is 0.812. The molecular weight excluding hydrogens is 222 g/mol. The zero-order chi connectivity index (χ0) is 13.6. The van der Waals surface area contributed by atoms with Crippen LogP contribution >= 0.6 is 0 Å². The van der Waals surface area contributed by atoms with E-state index in [1.807, 2.05) is 6.08 Å². The molecule has 0 aliphatic heterocycles. The Bertz CT molecular complexity index is 221. The van der Waals surface area contributed by atoms with Gasteiger partial charge >= 0.3 is 0 Å². The summed E-state index contributed by atoms with van der Waals surface area (Å²) in [6.45, 7) is 2.26. The number of hydrogen-bond acceptors (Lipinski definition) is 1. The van der Waals surface area contributed by atoms with E-state index >= 15 is 0 Å². The normalized spacial score (nSPS) is 11.1. The number of allylic oxidation sites excluding steroid dienone is 1. The van der Waals surface area contributed by atoms with E-state index in [4.69, 9.17) is 0 Å². The molecule has 0 radical (unpaired) electrons. The first-order chi connectivity index (χ1) is 8.68. The van der Waals surface area contributed by atoms with Crippen molar-refractivity contribution in [2.24, 2.45) is 0 Å². The van der Waals surface area contributed by atoms with Crippen LogP contribution in [0.1, 0.15) is 71.1 Å². The van der Waals surface area contributed by atoms with Crippen LogP contribution in [0.5, 0.6) is 0 Å². The molecule has 1 amide bonds. The van der Waals surface area contributed by atoms with E-state index in [2.05, 4.69) is 6.92 Å². The monoisotopic (exact) mass is 253 g/mol. The van der Waals surface area contributed by atoms with Gasteiger partial charge in [0.25, 0.3) is 0 Å². The van der Waals surface area contributed by atoms with E-state index in [9.17, 15) is 4.79 Å². The molecule has 0 spiro atoms. The van der Waals surface area contributed by atoms with E-state index < -0.39 is 0 Å². The molecule has 0 saturated carbocycles. The molecule has 0 aromatic carbocycles. The molecule has 0 atom stereocenters. The first-order valence-corrected chi connectivity index (χ1v) is 7.56. The summed E-state index contributed by atoms with van der Waals surface area (Å²) in [6, 6.07) is 0. The summed E-state index contributed by atoms with van der Waals surface area (Å²) in [7, 11) is 3.57. The maximum absolute atomic E-state index is 11.2. The van der Waals surface area contributed by atoms with Crippen molar-refractivity contribution in [2.75, 3.05) is 14.1 Å². The Morgan fingerprint density at radius 1 is 0.889 bits per heavy atom. The molecule has 0 aliphatic carbocycles. The zero-order valence-electron chi connectivity index (χ0n) is 12.6. The maximum Gasteiger partial charge on any atom is 0.245 e. The predicted octanol–water partition coefficient (Wildman–Crippen LogP) is 4.55. The quantitative estimate of drug-likeness (QED) is 0.391. The summed E-state index contributed by atoms with van der Waals surface area (Å²) in [5, 5.41) is 0. The third kappa shape index (κ3) is 11.7. The van der Waals surface area contributed by atoms with Gasteiger partial charge in [-0.25, -0.2) is 0 Å². The van der Waals surface area contributed by atoms with Gasteiger partial charge in [-0.1, -0.05) is 64.4 Å². The van der Waals surface area contributed by atoms with Crippen molar-refractivity contribution < 1.29 is 4.79 Å². The number of nitrogens with zero attached hydrogens (tertiary/aromatic N) is 1. The number of rotatable bonds is 11. The van der Waals surface area contributed by atoms with Crippen molar-refractivity contribution in [3.8, 4) is 0 Å². The molecule has 0 bridgehead atoms. The molecule has 0 aromatic heterocycles. The van der Waals surface area contributed by atoms with Crippen molar-refractivity contribution in [1.29, 1.82) is 0 Å². The number of hydrogen-bond donors (Lipinski definition) is 0. The molecular formula is C16H31NO. The van der Waals surface area contributed by atoms with Crippen molar-refractivity contribution >= 4 is 5.91 Å². The Morgan fingerprint density at radius 3 is 1.89 bits per heavy atom. The average molecular weight is 253 g/mol. The zero-order valence-corrected chi connectivity index (χ0v) is 12.6. The number of amides is 1. The van der Waals surface area contributed by atoms with Crippen molar-refractivity contribution in [3.63, 3.8) is 0 Å². The van der Waals surface area contributed by atoms with Crippen LogP contribution in [-0.2, 0) is 4.79 Å². The first-order valence-electron chi connectivity index (χ1n) is 7.56. The SMILES string of the molecule is CCCCCCCCCCC/C=C/C(=O)N(C)C. The summed E-state index contributed by atoms with van der Waals surface area (Å²) >= 11 is 0. The van der Waals surface area contributed by atoms with Crippen LogP contribution in [-0.4, -0.2) is 24.9 Å². The topological polar surface area (TPSA) is 20.3 Å². The van der Waals surface area contributed by atoms with Crippen LogP contribution in [0.2, 0.25) is 0 Å². The predicted molar refractivity (Wildman–Crippen MR) is 79.7 cm³/mol. The Kier molecular flexibility index (Phi) is 12.1. The second kappa shape index (κ2) is 12.7. The summed E-state index contributed by atoms with van der Waals surface area (Å²) in [6.07, 6.45) is 16.9. The third-order valence-corrected chi connectivity index (χ3v) is 3.18. The average Bonchev–Trinajstić information content (AvgIpc) is 2.35.